The van der Waals surface area contributed by atoms with E-state index in [0.717, 1.165) is 38.8 Å². The number of carbonyl (C=O) groups excluding carboxylic acids is 1. The molecular weight excluding hydrogens is 363 g/mol. The van der Waals surface area contributed by atoms with E-state index in [1.807, 2.05) is 11.8 Å². The molecule has 0 bridgehead atoms. The number of thioether (sulfide) groups is 1. The van der Waals surface area contributed by atoms with Gasteiger partial charge in [-0.15, -0.1) is 0 Å². The van der Waals surface area contributed by atoms with Crippen molar-refractivity contribution in [3.63, 3.8) is 0 Å². The van der Waals surface area contributed by atoms with E-state index < -0.39 is 11.7 Å². The number of amidine groups is 1. The Bertz CT molecular complexity index is 715. The molecule has 1 atom stereocenters. The standard InChI is InChI=1S/C20H27FN4OS/c1-25-8-6-15(7-9-25)27-12-18-23-17-11-14(22-13-4-2-3-5-13)10-16(21)19(17)20(26)24-18/h10-11,13,15,19H,2-9,12H2,1H3,(H,23,24,26). The van der Waals surface area contributed by atoms with Gasteiger partial charge in [0.25, 0.3) is 0 Å². The topological polar surface area (TPSA) is 57.1 Å². The second-order valence-electron chi connectivity index (χ2n) is 7.89. The van der Waals surface area contributed by atoms with Crippen molar-refractivity contribution in [2.45, 2.75) is 49.8 Å². The lowest BCUT2D eigenvalue weighted by molar-refractivity contribution is -0.122. The lowest BCUT2D eigenvalue weighted by atomic mass is 9.94. The third kappa shape index (κ3) is 4.51. The Morgan fingerprint density at radius 2 is 2.00 bits per heavy atom. The molecule has 0 radical (unpaired) electrons. The van der Waals surface area contributed by atoms with Crippen LogP contribution in [0, 0.1) is 5.92 Å². The summed E-state index contributed by atoms with van der Waals surface area (Å²) in [6.07, 6.45) is 10.0. The second-order valence-corrected chi connectivity index (χ2v) is 9.17. The van der Waals surface area contributed by atoms with E-state index in [9.17, 15) is 9.18 Å². The van der Waals surface area contributed by atoms with Gasteiger partial charge in [0.15, 0.2) is 0 Å². The number of fused-ring (bicyclic) bond motifs is 1. The minimum absolute atomic E-state index is 0.276. The van der Waals surface area contributed by atoms with Crippen molar-refractivity contribution in [3.05, 3.63) is 23.7 Å². The van der Waals surface area contributed by atoms with E-state index in [4.69, 9.17) is 0 Å². The van der Waals surface area contributed by atoms with Gasteiger partial charge in [-0.05, 0) is 58.0 Å². The summed E-state index contributed by atoms with van der Waals surface area (Å²) >= 11 is 1.84. The van der Waals surface area contributed by atoms with Crippen LogP contribution >= 0.6 is 11.8 Å². The number of hydrogen-bond acceptors (Lipinski definition) is 5. The van der Waals surface area contributed by atoms with Crippen LogP contribution in [0.5, 0.6) is 0 Å². The largest absolute Gasteiger partial charge is 0.313 e. The minimum Gasteiger partial charge on any atom is -0.313 e. The summed E-state index contributed by atoms with van der Waals surface area (Å²) in [5.74, 6) is -0.382. The number of carbonyl (C=O) groups is 1. The first-order chi connectivity index (χ1) is 13.1. The monoisotopic (exact) mass is 390 g/mol. The summed E-state index contributed by atoms with van der Waals surface area (Å²) in [5, 5.41) is 3.39. The number of piperidine rings is 1. The molecule has 4 aliphatic rings. The predicted molar refractivity (Wildman–Crippen MR) is 109 cm³/mol. The molecule has 2 aliphatic heterocycles. The molecule has 2 aliphatic carbocycles. The average molecular weight is 391 g/mol. The predicted octanol–water partition coefficient (Wildman–Crippen LogP) is 3.09. The maximum absolute atomic E-state index is 14.5. The molecule has 1 unspecified atom stereocenters. The lowest BCUT2D eigenvalue weighted by Gasteiger charge is -2.29. The fraction of sp³-hybridized carbons (Fsp3) is 0.650. The Morgan fingerprint density at radius 3 is 2.74 bits per heavy atom. The Kier molecular flexibility index (Phi) is 5.78. The Hall–Kier alpha value is -1.47. The average Bonchev–Trinajstić information content (AvgIpc) is 3.13. The molecule has 2 fully saturated rings. The van der Waals surface area contributed by atoms with Crippen LogP contribution in [-0.4, -0.2) is 59.5 Å². The Balaban J connectivity index is 1.46. The quantitative estimate of drug-likeness (QED) is 0.803. The van der Waals surface area contributed by atoms with Gasteiger partial charge < -0.3 is 10.2 Å². The summed E-state index contributed by atoms with van der Waals surface area (Å²) < 4.78 is 14.5. The van der Waals surface area contributed by atoms with Crippen molar-refractivity contribution in [3.8, 4) is 0 Å². The van der Waals surface area contributed by atoms with E-state index >= 15 is 0 Å². The molecular formula is C20H27FN4OS. The van der Waals surface area contributed by atoms with Crippen molar-refractivity contribution < 1.29 is 9.18 Å². The van der Waals surface area contributed by atoms with Crippen molar-refractivity contribution >= 4 is 29.2 Å². The zero-order valence-electron chi connectivity index (χ0n) is 15.8. The molecule has 0 spiro atoms. The Morgan fingerprint density at radius 1 is 1.26 bits per heavy atom. The zero-order chi connectivity index (χ0) is 18.8. The summed E-state index contributed by atoms with van der Waals surface area (Å²) in [7, 11) is 2.15. The molecule has 1 amide bonds. The van der Waals surface area contributed by atoms with Gasteiger partial charge in [-0.2, -0.15) is 11.8 Å². The molecule has 1 N–H and O–H groups in total. The van der Waals surface area contributed by atoms with E-state index in [1.54, 1.807) is 6.08 Å². The molecule has 4 rings (SSSR count). The zero-order valence-corrected chi connectivity index (χ0v) is 16.6. The highest BCUT2D eigenvalue weighted by Gasteiger charge is 2.35. The number of amides is 1. The van der Waals surface area contributed by atoms with Crippen molar-refractivity contribution in [2.24, 2.45) is 15.9 Å². The van der Waals surface area contributed by atoms with Crippen LogP contribution in [0.15, 0.2) is 33.7 Å². The first-order valence-electron chi connectivity index (χ1n) is 9.93. The summed E-state index contributed by atoms with van der Waals surface area (Å²) in [5.41, 5.74) is 1.11. The fourth-order valence-corrected chi connectivity index (χ4v) is 5.21. The van der Waals surface area contributed by atoms with Gasteiger partial charge in [0, 0.05) is 5.25 Å². The van der Waals surface area contributed by atoms with Gasteiger partial charge >= 0.3 is 0 Å². The number of aliphatic imine (C=N–C) groups is 2. The van der Waals surface area contributed by atoms with E-state index in [2.05, 4.69) is 27.2 Å². The molecule has 7 heteroatoms. The van der Waals surface area contributed by atoms with Crippen LogP contribution in [-0.2, 0) is 4.79 Å². The van der Waals surface area contributed by atoms with Crippen LogP contribution in [0.3, 0.4) is 0 Å². The molecule has 0 aromatic carbocycles. The number of halogens is 1. The van der Waals surface area contributed by atoms with Gasteiger partial charge in [0.05, 0.1) is 23.2 Å². The second kappa shape index (κ2) is 8.27. The molecule has 5 nitrogen and oxygen atoms in total. The number of allylic oxidation sites excluding steroid dienone is 2. The maximum atomic E-state index is 14.5. The molecule has 146 valence electrons. The van der Waals surface area contributed by atoms with E-state index in [0.29, 0.717) is 28.2 Å². The van der Waals surface area contributed by atoms with Gasteiger partial charge in [0.2, 0.25) is 5.91 Å². The first-order valence-corrected chi connectivity index (χ1v) is 11.0. The Labute approximate surface area is 164 Å². The fourth-order valence-electron chi connectivity index (χ4n) is 4.13. The smallest absolute Gasteiger partial charge is 0.241 e. The van der Waals surface area contributed by atoms with Crippen LogP contribution in [0.25, 0.3) is 0 Å². The SMILES string of the molecule is CN1CCC(SCC2=NC3=CC(=NC4CCCC4)C=C(F)C3C(=O)N2)CC1. The van der Waals surface area contributed by atoms with Crippen LogP contribution in [0.2, 0.25) is 0 Å². The normalized spacial score (nSPS) is 29.3. The number of rotatable bonds is 4. The van der Waals surface area contributed by atoms with Gasteiger partial charge in [0.1, 0.15) is 17.6 Å². The highest BCUT2D eigenvalue weighted by atomic mass is 32.2. The van der Waals surface area contributed by atoms with Gasteiger partial charge in [-0.1, -0.05) is 12.8 Å². The third-order valence-electron chi connectivity index (χ3n) is 5.72. The van der Waals surface area contributed by atoms with Gasteiger partial charge in [-0.3, -0.25) is 9.79 Å². The van der Waals surface area contributed by atoms with Crippen molar-refractivity contribution in [1.29, 1.82) is 0 Å². The lowest BCUT2D eigenvalue weighted by Crippen LogP contribution is -2.43. The molecule has 1 saturated heterocycles. The third-order valence-corrected chi connectivity index (χ3v) is 7.11. The summed E-state index contributed by atoms with van der Waals surface area (Å²) in [4.78, 5) is 24.0. The van der Waals surface area contributed by atoms with E-state index in [-0.39, 0.29) is 11.9 Å². The number of likely N-dealkylation sites (tertiary alicyclic amines) is 1. The molecule has 27 heavy (non-hydrogen) atoms. The molecule has 0 aromatic heterocycles. The minimum atomic E-state index is -0.912. The first kappa shape index (κ1) is 18.9. The molecule has 0 aromatic rings. The van der Waals surface area contributed by atoms with E-state index in [1.165, 1.54) is 18.9 Å². The summed E-state index contributed by atoms with van der Waals surface area (Å²) in [6, 6.07) is 0.276. The highest BCUT2D eigenvalue weighted by Crippen LogP contribution is 2.32. The number of hydrogen-bond donors (Lipinski definition) is 1. The van der Waals surface area contributed by atoms with Gasteiger partial charge in [-0.25, -0.2) is 9.38 Å². The number of nitrogens with zero attached hydrogens (tertiary/aromatic N) is 3. The van der Waals surface area contributed by atoms with Crippen LogP contribution < -0.4 is 5.32 Å². The van der Waals surface area contributed by atoms with Crippen molar-refractivity contribution in [2.75, 3.05) is 25.9 Å². The molecule has 1 saturated carbocycles. The molecule has 2 heterocycles. The maximum Gasteiger partial charge on any atom is 0.241 e. The number of nitrogens with one attached hydrogen (secondary N) is 1. The van der Waals surface area contributed by atoms with Crippen molar-refractivity contribution in [1.82, 2.24) is 10.2 Å². The van der Waals surface area contributed by atoms with Crippen LogP contribution in [0.4, 0.5) is 4.39 Å². The highest BCUT2D eigenvalue weighted by molar-refractivity contribution is 8.00. The van der Waals surface area contributed by atoms with Crippen LogP contribution in [0.1, 0.15) is 38.5 Å². The summed E-state index contributed by atoms with van der Waals surface area (Å²) in [6.45, 7) is 2.22.